The standard InChI is InChI=1S/C16H17F3N2O2/c17-16(18,19)15(23)12-7-4-8-13(12)20-21-14(22)10-9-11-5-2-1-3-6-11/h1-3,5-6,20H,4,7-10H2,(H,21,22). The van der Waals surface area contributed by atoms with Gasteiger partial charge in [0.05, 0.1) is 0 Å². The van der Waals surface area contributed by atoms with Crippen LogP contribution in [0.3, 0.4) is 0 Å². The number of alkyl halides is 3. The average molecular weight is 326 g/mol. The monoisotopic (exact) mass is 326 g/mol. The topological polar surface area (TPSA) is 58.2 Å². The Labute approximate surface area is 131 Å². The third-order valence-corrected chi connectivity index (χ3v) is 3.59. The van der Waals surface area contributed by atoms with Crippen molar-refractivity contribution in [3.63, 3.8) is 0 Å². The minimum atomic E-state index is -4.88. The molecule has 0 aliphatic heterocycles. The summed E-state index contributed by atoms with van der Waals surface area (Å²) in [5, 5.41) is 0. The number of carbonyl (C=O) groups is 2. The molecule has 0 aromatic heterocycles. The Balaban J connectivity index is 1.86. The third kappa shape index (κ3) is 4.84. The summed E-state index contributed by atoms with van der Waals surface area (Å²) >= 11 is 0. The van der Waals surface area contributed by atoms with Gasteiger partial charge in [-0.15, -0.1) is 0 Å². The Morgan fingerprint density at radius 1 is 1.09 bits per heavy atom. The lowest BCUT2D eigenvalue weighted by atomic mass is 10.1. The van der Waals surface area contributed by atoms with Gasteiger partial charge in [0.25, 0.3) is 5.78 Å². The van der Waals surface area contributed by atoms with Crippen LogP contribution in [0.5, 0.6) is 0 Å². The predicted molar refractivity (Wildman–Crippen MR) is 78.0 cm³/mol. The van der Waals surface area contributed by atoms with Crippen LogP contribution in [-0.2, 0) is 16.0 Å². The largest absolute Gasteiger partial charge is 0.454 e. The fourth-order valence-electron chi connectivity index (χ4n) is 2.41. The number of amides is 1. The van der Waals surface area contributed by atoms with Crippen LogP contribution in [0.25, 0.3) is 0 Å². The lowest BCUT2D eigenvalue weighted by Crippen LogP contribution is -2.38. The van der Waals surface area contributed by atoms with Crippen LogP contribution in [0, 0.1) is 0 Å². The minimum Gasteiger partial charge on any atom is -0.302 e. The molecule has 2 N–H and O–H groups in total. The van der Waals surface area contributed by atoms with E-state index in [2.05, 4.69) is 10.9 Å². The number of ketones is 1. The first-order valence-electron chi connectivity index (χ1n) is 7.30. The Bertz CT molecular complexity index is 610. The third-order valence-electron chi connectivity index (χ3n) is 3.59. The van der Waals surface area contributed by atoms with Crippen LogP contribution in [-0.4, -0.2) is 17.9 Å². The molecule has 1 aromatic carbocycles. The summed E-state index contributed by atoms with van der Waals surface area (Å²) in [5.74, 6) is -2.18. The molecule has 1 aliphatic carbocycles. The molecule has 0 saturated heterocycles. The van der Waals surface area contributed by atoms with Crippen molar-refractivity contribution < 1.29 is 22.8 Å². The molecule has 124 valence electrons. The molecule has 0 saturated carbocycles. The number of allylic oxidation sites excluding steroid dienone is 2. The van der Waals surface area contributed by atoms with Crippen molar-refractivity contribution in [2.75, 3.05) is 0 Å². The van der Waals surface area contributed by atoms with Crippen LogP contribution in [0.15, 0.2) is 41.6 Å². The van der Waals surface area contributed by atoms with Crippen molar-refractivity contribution in [3.05, 3.63) is 47.2 Å². The lowest BCUT2D eigenvalue weighted by Gasteiger charge is -2.12. The van der Waals surface area contributed by atoms with E-state index in [4.69, 9.17) is 0 Å². The molecule has 0 bridgehead atoms. The summed E-state index contributed by atoms with van der Waals surface area (Å²) in [4.78, 5) is 23.0. The number of halogens is 3. The van der Waals surface area contributed by atoms with E-state index in [9.17, 15) is 22.8 Å². The summed E-state index contributed by atoms with van der Waals surface area (Å²) in [6.45, 7) is 0. The predicted octanol–water partition coefficient (Wildman–Crippen LogP) is 2.81. The molecule has 0 radical (unpaired) electrons. The fraction of sp³-hybridized carbons (Fsp3) is 0.375. The molecule has 23 heavy (non-hydrogen) atoms. The van der Waals surface area contributed by atoms with Gasteiger partial charge >= 0.3 is 6.18 Å². The zero-order chi connectivity index (χ0) is 16.9. The van der Waals surface area contributed by atoms with Crippen molar-refractivity contribution >= 4 is 11.7 Å². The second kappa shape index (κ2) is 7.30. The summed E-state index contributed by atoms with van der Waals surface area (Å²) < 4.78 is 37.4. The van der Waals surface area contributed by atoms with E-state index >= 15 is 0 Å². The average Bonchev–Trinajstić information content (AvgIpc) is 2.98. The zero-order valence-electron chi connectivity index (χ0n) is 12.4. The molecule has 0 fully saturated rings. The van der Waals surface area contributed by atoms with E-state index in [1.807, 2.05) is 30.3 Å². The van der Waals surface area contributed by atoms with Gasteiger partial charge in [0.1, 0.15) is 0 Å². The molecule has 0 heterocycles. The van der Waals surface area contributed by atoms with Gasteiger partial charge in [-0.1, -0.05) is 30.3 Å². The van der Waals surface area contributed by atoms with E-state index < -0.39 is 12.0 Å². The molecular formula is C16H17F3N2O2. The maximum absolute atomic E-state index is 12.5. The number of nitrogens with one attached hydrogen (secondary N) is 2. The molecule has 4 nitrogen and oxygen atoms in total. The number of aryl methyl sites for hydroxylation is 1. The van der Waals surface area contributed by atoms with Crippen LogP contribution >= 0.6 is 0 Å². The van der Waals surface area contributed by atoms with Crippen molar-refractivity contribution in [3.8, 4) is 0 Å². The van der Waals surface area contributed by atoms with Crippen molar-refractivity contribution in [1.82, 2.24) is 10.9 Å². The Morgan fingerprint density at radius 3 is 2.43 bits per heavy atom. The molecule has 1 amide bonds. The van der Waals surface area contributed by atoms with Gasteiger partial charge in [0, 0.05) is 17.7 Å². The SMILES string of the molecule is O=C(CCc1ccccc1)NNC1=C(C(=O)C(F)(F)F)CCC1. The van der Waals surface area contributed by atoms with Gasteiger partial charge in [0.2, 0.25) is 5.91 Å². The lowest BCUT2D eigenvalue weighted by molar-refractivity contribution is -0.166. The summed E-state index contributed by atoms with van der Waals surface area (Å²) in [5.41, 5.74) is 5.70. The molecule has 0 atom stereocenters. The van der Waals surface area contributed by atoms with E-state index in [0.29, 0.717) is 19.3 Å². The summed E-state index contributed by atoms with van der Waals surface area (Å²) in [7, 11) is 0. The van der Waals surface area contributed by atoms with Gasteiger partial charge in [0.15, 0.2) is 0 Å². The van der Waals surface area contributed by atoms with E-state index in [1.54, 1.807) is 0 Å². The van der Waals surface area contributed by atoms with Gasteiger partial charge in [-0.3, -0.25) is 15.0 Å². The molecule has 7 heteroatoms. The van der Waals surface area contributed by atoms with Crippen LogP contribution < -0.4 is 10.9 Å². The van der Waals surface area contributed by atoms with Crippen LogP contribution in [0.1, 0.15) is 31.2 Å². The molecule has 1 aromatic rings. The Kier molecular flexibility index (Phi) is 5.41. The number of benzene rings is 1. The minimum absolute atomic E-state index is 0.0700. The maximum atomic E-state index is 12.5. The van der Waals surface area contributed by atoms with Gasteiger partial charge in [-0.25, -0.2) is 0 Å². The first kappa shape index (κ1) is 17.1. The number of hydrazine groups is 1. The first-order chi connectivity index (χ1) is 10.9. The molecule has 0 unspecified atom stereocenters. The zero-order valence-corrected chi connectivity index (χ0v) is 12.4. The van der Waals surface area contributed by atoms with Crippen molar-refractivity contribution in [2.24, 2.45) is 0 Å². The summed E-state index contributed by atoms with van der Waals surface area (Å²) in [6.07, 6.45) is -3.31. The van der Waals surface area contributed by atoms with Crippen molar-refractivity contribution in [2.45, 2.75) is 38.3 Å². The second-order valence-electron chi connectivity index (χ2n) is 5.30. The highest BCUT2D eigenvalue weighted by atomic mass is 19.4. The molecule has 1 aliphatic rings. The first-order valence-corrected chi connectivity index (χ1v) is 7.30. The van der Waals surface area contributed by atoms with E-state index in [0.717, 1.165) is 5.56 Å². The Hall–Kier alpha value is -2.31. The molecular weight excluding hydrogens is 309 g/mol. The fourth-order valence-corrected chi connectivity index (χ4v) is 2.41. The number of hydrogen-bond acceptors (Lipinski definition) is 3. The van der Waals surface area contributed by atoms with Crippen LogP contribution in [0.2, 0.25) is 0 Å². The van der Waals surface area contributed by atoms with Crippen LogP contribution in [0.4, 0.5) is 13.2 Å². The van der Waals surface area contributed by atoms with E-state index in [-0.39, 0.29) is 30.0 Å². The number of hydrogen-bond donors (Lipinski definition) is 2. The normalized spacial score (nSPS) is 14.7. The highest BCUT2D eigenvalue weighted by Gasteiger charge is 2.42. The quantitative estimate of drug-likeness (QED) is 0.791. The van der Waals surface area contributed by atoms with E-state index in [1.165, 1.54) is 0 Å². The maximum Gasteiger partial charge on any atom is 0.454 e. The Morgan fingerprint density at radius 2 is 1.78 bits per heavy atom. The van der Waals surface area contributed by atoms with Gasteiger partial charge in [-0.05, 0) is 31.2 Å². The number of carbonyl (C=O) groups excluding carboxylic acids is 2. The highest BCUT2D eigenvalue weighted by molar-refractivity contribution is 6.00. The van der Waals surface area contributed by atoms with Crippen molar-refractivity contribution in [1.29, 1.82) is 0 Å². The number of rotatable bonds is 6. The number of Topliss-reactive ketones (excluding diaryl/α,β-unsaturated/α-hetero) is 1. The second-order valence-corrected chi connectivity index (χ2v) is 5.30. The molecule has 2 rings (SSSR count). The van der Waals surface area contributed by atoms with Gasteiger partial charge < -0.3 is 5.43 Å². The molecule has 0 spiro atoms. The smallest absolute Gasteiger partial charge is 0.302 e. The summed E-state index contributed by atoms with van der Waals surface area (Å²) in [6, 6.07) is 9.38. The highest BCUT2D eigenvalue weighted by Crippen LogP contribution is 2.30. The van der Waals surface area contributed by atoms with Gasteiger partial charge in [-0.2, -0.15) is 13.2 Å².